The molecule has 14 heteroatoms. The highest BCUT2D eigenvalue weighted by molar-refractivity contribution is 7.93. The highest BCUT2D eigenvalue weighted by Gasteiger charge is 2.27. The van der Waals surface area contributed by atoms with Gasteiger partial charge in [0.2, 0.25) is 0 Å². The van der Waals surface area contributed by atoms with Gasteiger partial charge in [0, 0.05) is 17.5 Å². The molecule has 216 valence electrons. The largest absolute Gasteiger partial charge is 0.496 e. The van der Waals surface area contributed by atoms with Crippen LogP contribution < -0.4 is 24.3 Å². The summed E-state index contributed by atoms with van der Waals surface area (Å²) in [5.74, 6) is 0.454. The number of anilines is 1. The molecule has 0 aliphatic rings. The van der Waals surface area contributed by atoms with Crippen molar-refractivity contribution in [1.82, 2.24) is 0 Å². The van der Waals surface area contributed by atoms with Crippen LogP contribution in [0.3, 0.4) is 0 Å². The summed E-state index contributed by atoms with van der Waals surface area (Å²) in [6.45, 7) is 2.72. The highest BCUT2D eigenvalue weighted by Crippen LogP contribution is 2.49. The quantitative estimate of drug-likeness (QED) is 0.278. The molecule has 0 radical (unpaired) electrons. The van der Waals surface area contributed by atoms with Crippen molar-refractivity contribution >= 4 is 35.3 Å². The van der Waals surface area contributed by atoms with Crippen LogP contribution in [0.1, 0.15) is 25.0 Å². The van der Waals surface area contributed by atoms with Crippen LogP contribution in [0.25, 0.3) is 6.08 Å². The molecule has 0 spiro atoms. The number of carbonyl (C=O) groups is 1. The fourth-order valence-electron chi connectivity index (χ4n) is 3.34. The minimum Gasteiger partial charge on any atom is -0.496 e. The summed E-state index contributed by atoms with van der Waals surface area (Å²) < 4.78 is 74.5. The number of phosphoric acid groups is 1. The zero-order valence-corrected chi connectivity index (χ0v) is 24.4. The van der Waals surface area contributed by atoms with E-state index in [0.29, 0.717) is 28.4 Å². The molecule has 12 nitrogen and oxygen atoms in total. The predicted molar refractivity (Wildman–Crippen MR) is 146 cm³/mol. The summed E-state index contributed by atoms with van der Waals surface area (Å²) in [5, 5.41) is 3.62. The maximum Gasteiger partial charge on any atom is 0.475 e. The molecule has 0 saturated heterocycles. The molecule has 0 bridgehead atoms. The fourth-order valence-corrected chi connectivity index (χ4v) is 5.56. The number of hydrogen-bond acceptors (Lipinski definition) is 11. The van der Waals surface area contributed by atoms with E-state index in [1.54, 1.807) is 32.0 Å². The first-order valence-electron chi connectivity index (χ1n) is 11.7. The van der Waals surface area contributed by atoms with Gasteiger partial charge in [0.1, 0.15) is 29.6 Å². The number of ether oxygens (including phenoxy) is 4. The molecule has 0 atom stereocenters. The van der Waals surface area contributed by atoms with E-state index in [1.165, 1.54) is 46.6 Å². The molecule has 2 rings (SSSR count). The Morgan fingerprint density at radius 3 is 1.97 bits per heavy atom. The molecule has 39 heavy (non-hydrogen) atoms. The number of rotatable bonds is 16. The van der Waals surface area contributed by atoms with E-state index in [-0.39, 0.29) is 30.4 Å². The monoisotopic (exact) mass is 587 g/mol. The van der Waals surface area contributed by atoms with E-state index in [4.69, 9.17) is 32.5 Å². The van der Waals surface area contributed by atoms with Crippen LogP contribution in [0.4, 0.5) is 5.69 Å². The smallest absolute Gasteiger partial charge is 0.475 e. The number of carbonyl (C=O) groups excluding carboxylic acids is 1. The Labute approximate surface area is 228 Å². The van der Waals surface area contributed by atoms with Crippen molar-refractivity contribution in [3.8, 4) is 23.0 Å². The predicted octanol–water partition coefficient (Wildman–Crippen LogP) is 4.44. The van der Waals surface area contributed by atoms with Crippen molar-refractivity contribution in [2.24, 2.45) is 0 Å². The molecular weight excluding hydrogens is 553 g/mol. The molecule has 2 aromatic carbocycles. The van der Waals surface area contributed by atoms with Crippen LogP contribution in [-0.2, 0) is 38.5 Å². The van der Waals surface area contributed by atoms with E-state index in [9.17, 15) is 17.8 Å². The van der Waals surface area contributed by atoms with Gasteiger partial charge < -0.3 is 24.3 Å². The first kappa shape index (κ1) is 32.1. The van der Waals surface area contributed by atoms with Crippen LogP contribution in [0, 0.1) is 0 Å². The summed E-state index contributed by atoms with van der Waals surface area (Å²) in [7, 11) is -1.88. The molecule has 0 heterocycles. The Morgan fingerprint density at radius 2 is 1.46 bits per heavy atom. The van der Waals surface area contributed by atoms with Crippen LogP contribution in [0.15, 0.2) is 35.7 Å². The molecule has 1 amide bonds. The SMILES string of the molecule is CCOP(=O)(OCC)OCC(=O)Nc1cc(CS(=O)(=O)/C=C/c2c(OC)cc(OC)cc2OC)ccc1OC. The number of sulfone groups is 1. The van der Waals surface area contributed by atoms with Crippen molar-refractivity contribution in [1.29, 1.82) is 0 Å². The van der Waals surface area contributed by atoms with Gasteiger partial charge in [0.05, 0.1) is 58.7 Å². The Bertz CT molecular complexity index is 1280. The van der Waals surface area contributed by atoms with Crippen LogP contribution in [0.5, 0.6) is 23.0 Å². The molecule has 0 fully saturated rings. The van der Waals surface area contributed by atoms with E-state index in [1.807, 2.05) is 0 Å². The van der Waals surface area contributed by atoms with Crippen LogP contribution >= 0.6 is 7.82 Å². The van der Waals surface area contributed by atoms with Gasteiger partial charge in [-0.05, 0) is 37.6 Å². The van der Waals surface area contributed by atoms with Crippen molar-refractivity contribution in [3.05, 3.63) is 46.9 Å². The third kappa shape index (κ3) is 9.55. The van der Waals surface area contributed by atoms with Crippen molar-refractivity contribution in [2.45, 2.75) is 19.6 Å². The molecule has 2 aromatic rings. The van der Waals surface area contributed by atoms with Crippen LogP contribution in [0.2, 0.25) is 0 Å². The average Bonchev–Trinajstić information content (AvgIpc) is 2.90. The lowest BCUT2D eigenvalue weighted by atomic mass is 10.1. The molecule has 0 unspecified atom stereocenters. The first-order chi connectivity index (χ1) is 18.5. The second-order valence-corrected chi connectivity index (χ2v) is 11.3. The lowest BCUT2D eigenvalue weighted by Gasteiger charge is -2.16. The third-order valence-corrected chi connectivity index (χ3v) is 7.91. The molecule has 0 aromatic heterocycles. The first-order valence-corrected chi connectivity index (χ1v) is 14.9. The van der Waals surface area contributed by atoms with E-state index in [2.05, 4.69) is 5.32 Å². The maximum atomic E-state index is 12.9. The van der Waals surface area contributed by atoms with Crippen LogP contribution in [-0.4, -0.2) is 62.6 Å². The molecule has 0 aliphatic carbocycles. The standard InChI is InChI=1S/C25H34NO11PS/c1-7-35-38(28,36-8-2)37-16-25(27)26-21-13-18(9-10-22(21)32-4)17-39(29,30)12-11-20-23(33-5)14-19(31-3)15-24(20)34-6/h9-15H,7-8,16-17H2,1-6H3,(H,26,27)/b12-11+. The minimum atomic E-state index is -3.89. The molecular formula is C25H34NO11PS. The van der Waals surface area contributed by atoms with Gasteiger partial charge in [0.25, 0.3) is 5.91 Å². The number of hydrogen-bond donors (Lipinski definition) is 1. The summed E-state index contributed by atoms with van der Waals surface area (Å²) in [5.41, 5.74) is 0.993. The van der Waals surface area contributed by atoms with Crippen molar-refractivity contribution < 1.29 is 50.3 Å². The molecule has 0 aliphatic heterocycles. The van der Waals surface area contributed by atoms with E-state index < -0.39 is 30.2 Å². The Hall–Kier alpha value is -3.09. The second-order valence-electron chi connectivity index (χ2n) is 7.69. The van der Waals surface area contributed by atoms with Crippen molar-refractivity contribution in [2.75, 3.05) is 53.6 Å². The van der Waals surface area contributed by atoms with Gasteiger partial charge in [0.15, 0.2) is 9.84 Å². The number of nitrogens with one attached hydrogen (secondary N) is 1. The second kappa shape index (κ2) is 14.9. The lowest BCUT2D eigenvalue weighted by molar-refractivity contribution is -0.118. The summed E-state index contributed by atoms with van der Waals surface area (Å²) in [6.07, 6.45) is 1.38. The normalized spacial score (nSPS) is 11.8. The topological polar surface area (TPSA) is 145 Å². The lowest BCUT2D eigenvalue weighted by Crippen LogP contribution is -2.19. The Morgan fingerprint density at radius 1 is 0.872 bits per heavy atom. The Kier molecular flexibility index (Phi) is 12.3. The Balaban J connectivity index is 2.22. The number of amides is 1. The van der Waals surface area contributed by atoms with E-state index in [0.717, 1.165) is 5.41 Å². The fraction of sp³-hybridized carbons (Fsp3) is 0.400. The summed E-state index contributed by atoms with van der Waals surface area (Å²) in [4.78, 5) is 12.5. The molecule has 0 saturated carbocycles. The van der Waals surface area contributed by atoms with Gasteiger partial charge in [-0.2, -0.15) is 0 Å². The summed E-state index contributed by atoms with van der Waals surface area (Å²) in [6, 6.07) is 7.76. The number of benzene rings is 2. The van der Waals surface area contributed by atoms with Crippen molar-refractivity contribution in [3.63, 3.8) is 0 Å². The van der Waals surface area contributed by atoms with Gasteiger partial charge in [-0.1, -0.05) is 6.07 Å². The van der Waals surface area contributed by atoms with Gasteiger partial charge >= 0.3 is 7.82 Å². The number of phosphoric ester groups is 1. The summed E-state index contributed by atoms with van der Waals surface area (Å²) >= 11 is 0. The maximum absolute atomic E-state index is 12.9. The minimum absolute atomic E-state index is 0.0652. The molecule has 1 N–H and O–H groups in total. The van der Waals surface area contributed by atoms with Gasteiger partial charge in [-0.25, -0.2) is 13.0 Å². The number of methoxy groups -OCH3 is 4. The van der Waals surface area contributed by atoms with Gasteiger partial charge in [-0.15, -0.1) is 0 Å². The van der Waals surface area contributed by atoms with Gasteiger partial charge in [-0.3, -0.25) is 18.4 Å². The highest BCUT2D eigenvalue weighted by atomic mass is 32.2. The van der Waals surface area contributed by atoms with E-state index >= 15 is 0 Å². The third-order valence-electron chi connectivity index (χ3n) is 5.03. The average molecular weight is 588 g/mol. The zero-order chi connectivity index (χ0) is 29.1. The zero-order valence-electron chi connectivity index (χ0n) is 22.7.